The Balaban J connectivity index is 0.00000392. The number of nitrogens with two attached hydrogens (primary N) is 1. The first-order valence-corrected chi connectivity index (χ1v) is 9.64. The van der Waals surface area contributed by atoms with Gasteiger partial charge < -0.3 is 25.3 Å². The van der Waals surface area contributed by atoms with Gasteiger partial charge in [0.2, 0.25) is 0 Å². The maximum absolute atomic E-state index is 5.96. The predicted molar refractivity (Wildman–Crippen MR) is 124 cm³/mol. The summed E-state index contributed by atoms with van der Waals surface area (Å²) in [6.45, 7) is 8.72. The first kappa shape index (κ1) is 24.8. The Labute approximate surface area is 186 Å². The minimum absolute atomic E-state index is 0. The second kappa shape index (κ2) is 13.1. The largest absolute Gasteiger partial charge is 0.493 e. The summed E-state index contributed by atoms with van der Waals surface area (Å²) in [4.78, 5) is 6.86. The molecular weight excluding hydrogens is 471 g/mol. The molecule has 0 spiro atoms. The van der Waals surface area contributed by atoms with Gasteiger partial charge in [0.1, 0.15) is 0 Å². The Morgan fingerprint density at radius 1 is 1.21 bits per heavy atom. The van der Waals surface area contributed by atoms with Crippen molar-refractivity contribution in [2.24, 2.45) is 10.7 Å². The molecule has 1 saturated heterocycles. The Morgan fingerprint density at radius 3 is 2.54 bits per heavy atom. The number of guanidine groups is 1. The van der Waals surface area contributed by atoms with Crippen molar-refractivity contribution in [3.8, 4) is 11.5 Å². The monoisotopic (exact) mass is 506 g/mol. The minimum atomic E-state index is 0. The highest BCUT2D eigenvalue weighted by Gasteiger charge is 2.21. The Bertz CT molecular complexity index is 605. The molecule has 0 aliphatic carbocycles. The molecule has 28 heavy (non-hydrogen) atoms. The second-order valence-electron chi connectivity index (χ2n) is 7.00. The first-order valence-electron chi connectivity index (χ1n) is 9.64. The average Bonchev–Trinajstić information content (AvgIpc) is 2.64. The van der Waals surface area contributed by atoms with Crippen LogP contribution in [0.4, 0.5) is 0 Å². The van der Waals surface area contributed by atoms with Crippen LogP contribution in [0.5, 0.6) is 11.5 Å². The van der Waals surface area contributed by atoms with Crippen LogP contribution in [0.25, 0.3) is 0 Å². The van der Waals surface area contributed by atoms with Crippen molar-refractivity contribution < 1.29 is 14.2 Å². The smallest absolute Gasteiger partial charge is 0.188 e. The molecule has 0 saturated carbocycles. The summed E-state index contributed by atoms with van der Waals surface area (Å²) in [6.07, 6.45) is 2.44. The van der Waals surface area contributed by atoms with E-state index in [0.29, 0.717) is 18.2 Å². The molecule has 1 aliphatic heterocycles. The summed E-state index contributed by atoms with van der Waals surface area (Å²) in [5.74, 6) is 1.97. The van der Waals surface area contributed by atoms with Crippen molar-refractivity contribution in [1.29, 1.82) is 0 Å². The van der Waals surface area contributed by atoms with Gasteiger partial charge in [-0.3, -0.25) is 9.89 Å². The Kier molecular flexibility index (Phi) is 11.6. The maximum Gasteiger partial charge on any atom is 0.188 e. The van der Waals surface area contributed by atoms with E-state index in [1.807, 2.05) is 18.2 Å². The number of rotatable bonds is 9. The van der Waals surface area contributed by atoms with E-state index >= 15 is 0 Å². The van der Waals surface area contributed by atoms with Crippen molar-refractivity contribution in [2.75, 3.05) is 46.9 Å². The topological polar surface area (TPSA) is 81.3 Å². The highest BCUT2D eigenvalue weighted by molar-refractivity contribution is 14.0. The van der Waals surface area contributed by atoms with Crippen LogP contribution in [0.1, 0.15) is 25.8 Å². The number of hydrogen-bond donors (Lipinski definition) is 2. The molecule has 1 heterocycles. The van der Waals surface area contributed by atoms with Crippen molar-refractivity contribution in [1.82, 2.24) is 10.2 Å². The lowest BCUT2D eigenvalue weighted by molar-refractivity contribution is -0.0679. The van der Waals surface area contributed by atoms with E-state index in [0.717, 1.165) is 62.6 Å². The van der Waals surface area contributed by atoms with E-state index < -0.39 is 0 Å². The predicted octanol–water partition coefficient (Wildman–Crippen LogP) is 2.27. The standard InChI is InChI=1S/C20H34N4O3.HI/c1-15-13-24(14-16(2)27-15)11-5-9-22-20(21)23-10-8-17-6-7-18(25-3)19(12-17)26-4;/h6-7,12,15-16H,5,8-11,13-14H2,1-4H3,(H3,21,22,23);1H. The number of nitrogens with zero attached hydrogens (tertiary/aromatic N) is 2. The molecule has 0 bridgehead atoms. The average molecular weight is 506 g/mol. The maximum atomic E-state index is 5.96. The lowest BCUT2D eigenvalue weighted by Crippen LogP contribution is -2.45. The van der Waals surface area contributed by atoms with Gasteiger partial charge in [-0.1, -0.05) is 6.07 Å². The number of aliphatic imine (C=N–C) groups is 1. The van der Waals surface area contributed by atoms with E-state index in [-0.39, 0.29) is 24.0 Å². The number of benzene rings is 1. The normalized spacial score (nSPS) is 20.4. The van der Waals surface area contributed by atoms with Gasteiger partial charge in [0, 0.05) is 32.7 Å². The lowest BCUT2D eigenvalue weighted by atomic mass is 10.1. The van der Waals surface area contributed by atoms with E-state index in [1.165, 1.54) is 0 Å². The second-order valence-corrected chi connectivity index (χ2v) is 7.00. The molecule has 0 amide bonds. The van der Waals surface area contributed by atoms with E-state index in [4.69, 9.17) is 19.9 Å². The molecule has 1 aromatic rings. The number of halogens is 1. The minimum Gasteiger partial charge on any atom is -0.493 e. The van der Waals surface area contributed by atoms with Crippen molar-refractivity contribution in [2.45, 2.75) is 38.9 Å². The van der Waals surface area contributed by atoms with Crippen LogP contribution in [0.3, 0.4) is 0 Å². The molecule has 1 aromatic carbocycles. The molecule has 1 aliphatic rings. The van der Waals surface area contributed by atoms with Gasteiger partial charge in [0.05, 0.1) is 26.4 Å². The zero-order valence-corrected chi connectivity index (χ0v) is 19.8. The molecule has 160 valence electrons. The quantitative estimate of drug-likeness (QED) is 0.232. The summed E-state index contributed by atoms with van der Waals surface area (Å²) in [5.41, 5.74) is 7.12. The van der Waals surface area contributed by atoms with Gasteiger partial charge in [-0.15, -0.1) is 24.0 Å². The third kappa shape index (κ3) is 8.40. The molecule has 3 N–H and O–H groups in total. The third-order valence-electron chi connectivity index (χ3n) is 4.58. The van der Waals surface area contributed by atoms with Crippen LogP contribution in [0.15, 0.2) is 23.2 Å². The number of hydrogen-bond acceptors (Lipinski definition) is 5. The SMILES string of the molecule is COc1ccc(CCNC(N)=NCCCN2CC(C)OC(C)C2)cc1OC.I. The molecule has 2 atom stereocenters. The van der Waals surface area contributed by atoms with Crippen molar-refractivity contribution >= 4 is 29.9 Å². The summed E-state index contributed by atoms with van der Waals surface area (Å²) in [6, 6.07) is 5.93. The summed E-state index contributed by atoms with van der Waals surface area (Å²) < 4.78 is 16.3. The van der Waals surface area contributed by atoms with Crippen LogP contribution >= 0.6 is 24.0 Å². The molecule has 0 aromatic heterocycles. The summed E-state index contributed by atoms with van der Waals surface area (Å²) in [5, 5.41) is 3.17. The number of ether oxygens (including phenoxy) is 3. The molecule has 0 radical (unpaired) electrons. The third-order valence-corrected chi connectivity index (χ3v) is 4.58. The van der Waals surface area contributed by atoms with Crippen LogP contribution in [0.2, 0.25) is 0 Å². The van der Waals surface area contributed by atoms with Crippen LogP contribution in [-0.4, -0.2) is 70.0 Å². The molecule has 1 fully saturated rings. The first-order chi connectivity index (χ1) is 13.0. The zero-order chi connectivity index (χ0) is 19.6. The van der Waals surface area contributed by atoms with Gasteiger partial charge in [0.15, 0.2) is 17.5 Å². The molecule has 8 heteroatoms. The number of nitrogens with one attached hydrogen (secondary N) is 1. The fraction of sp³-hybridized carbons (Fsp3) is 0.650. The fourth-order valence-corrected chi connectivity index (χ4v) is 3.39. The fourth-order valence-electron chi connectivity index (χ4n) is 3.39. The van der Waals surface area contributed by atoms with Gasteiger partial charge in [-0.2, -0.15) is 0 Å². The van der Waals surface area contributed by atoms with Gasteiger partial charge in [-0.05, 0) is 44.4 Å². The highest BCUT2D eigenvalue weighted by atomic mass is 127. The zero-order valence-electron chi connectivity index (χ0n) is 17.4. The van der Waals surface area contributed by atoms with Gasteiger partial charge >= 0.3 is 0 Å². The molecule has 2 rings (SSSR count). The van der Waals surface area contributed by atoms with Gasteiger partial charge in [-0.25, -0.2) is 0 Å². The highest BCUT2D eigenvalue weighted by Crippen LogP contribution is 2.27. The van der Waals surface area contributed by atoms with Crippen molar-refractivity contribution in [3.05, 3.63) is 23.8 Å². The van der Waals surface area contributed by atoms with Crippen molar-refractivity contribution in [3.63, 3.8) is 0 Å². The number of methoxy groups -OCH3 is 2. The van der Waals surface area contributed by atoms with Crippen LogP contribution < -0.4 is 20.5 Å². The molecule has 7 nitrogen and oxygen atoms in total. The van der Waals surface area contributed by atoms with Gasteiger partial charge in [0.25, 0.3) is 0 Å². The Morgan fingerprint density at radius 2 is 1.89 bits per heavy atom. The van der Waals surface area contributed by atoms with E-state index in [1.54, 1.807) is 14.2 Å². The van der Waals surface area contributed by atoms with Crippen LogP contribution in [-0.2, 0) is 11.2 Å². The van der Waals surface area contributed by atoms with E-state index in [9.17, 15) is 0 Å². The lowest BCUT2D eigenvalue weighted by Gasteiger charge is -2.35. The summed E-state index contributed by atoms with van der Waals surface area (Å²) >= 11 is 0. The molecular formula is C20H35IN4O3. The number of morpholine rings is 1. The Hall–Kier alpha value is -1.26. The van der Waals surface area contributed by atoms with E-state index in [2.05, 4.69) is 29.1 Å². The molecule has 2 unspecified atom stereocenters. The summed E-state index contributed by atoms with van der Waals surface area (Å²) in [7, 11) is 3.28. The van der Waals surface area contributed by atoms with Crippen LogP contribution in [0, 0.1) is 0 Å².